The molecule has 6 heteroatoms. The summed E-state index contributed by atoms with van der Waals surface area (Å²) in [6.45, 7) is 2.08. The van der Waals surface area contributed by atoms with E-state index < -0.39 is 0 Å². The predicted octanol–water partition coefficient (Wildman–Crippen LogP) is 4.18. The topological polar surface area (TPSA) is 71.2 Å². The summed E-state index contributed by atoms with van der Waals surface area (Å²) >= 11 is 6.02. The van der Waals surface area contributed by atoms with Crippen LogP contribution in [-0.2, 0) is 16.0 Å². The van der Waals surface area contributed by atoms with Crippen molar-refractivity contribution in [1.29, 1.82) is 0 Å². The fraction of sp³-hybridized carbons (Fsp3) is 0.158. The first-order valence-electron chi connectivity index (χ1n) is 7.89. The number of esters is 1. The lowest BCUT2D eigenvalue weighted by Crippen LogP contribution is -2.14. The summed E-state index contributed by atoms with van der Waals surface area (Å²) in [6.07, 6.45) is 2.03. The number of aromatic nitrogens is 1. The van der Waals surface area contributed by atoms with Gasteiger partial charge in [0.05, 0.1) is 18.6 Å². The van der Waals surface area contributed by atoms with Gasteiger partial charge in [-0.05, 0) is 55.0 Å². The number of hydrogen-bond acceptors (Lipinski definition) is 3. The first kappa shape index (κ1) is 17.0. The second-order valence-corrected chi connectivity index (χ2v) is 5.96. The van der Waals surface area contributed by atoms with Gasteiger partial charge in [-0.1, -0.05) is 11.6 Å². The molecule has 0 atom stereocenters. The molecule has 1 heterocycles. The normalized spacial score (nSPS) is 10.6. The number of rotatable bonds is 5. The monoisotopic (exact) mass is 356 g/mol. The fourth-order valence-electron chi connectivity index (χ4n) is 2.58. The highest BCUT2D eigenvalue weighted by Crippen LogP contribution is 2.23. The Morgan fingerprint density at radius 2 is 1.92 bits per heavy atom. The van der Waals surface area contributed by atoms with Crippen LogP contribution in [0.2, 0.25) is 5.02 Å². The van der Waals surface area contributed by atoms with E-state index in [1.165, 1.54) is 0 Å². The highest BCUT2D eigenvalue weighted by molar-refractivity contribution is 6.31. The number of nitrogens with one attached hydrogen (secondary N) is 2. The van der Waals surface area contributed by atoms with Gasteiger partial charge in [0.15, 0.2) is 0 Å². The van der Waals surface area contributed by atoms with Crippen LogP contribution in [0.5, 0.6) is 0 Å². The van der Waals surface area contributed by atoms with Gasteiger partial charge in [0, 0.05) is 27.8 Å². The lowest BCUT2D eigenvalue weighted by Gasteiger charge is -2.06. The SMILES string of the molecule is CCOC(=O)c1ccc(NC(=O)Cc2c[nH]c3ccc(Cl)cc23)cc1. The van der Waals surface area contributed by atoms with Crippen LogP contribution in [0.3, 0.4) is 0 Å². The van der Waals surface area contributed by atoms with Crippen molar-refractivity contribution in [2.75, 3.05) is 11.9 Å². The number of carbonyl (C=O) groups is 2. The number of anilines is 1. The lowest BCUT2D eigenvalue weighted by atomic mass is 10.1. The smallest absolute Gasteiger partial charge is 0.338 e. The Bertz CT molecular complexity index is 916. The summed E-state index contributed by atoms with van der Waals surface area (Å²) in [5.41, 5.74) is 2.88. The number of ether oxygens (including phenoxy) is 1. The molecule has 0 bridgehead atoms. The Hall–Kier alpha value is -2.79. The Morgan fingerprint density at radius 3 is 2.64 bits per heavy atom. The molecule has 0 aliphatic carbocycles. The molecule has 0 unspecified atom stereocenters. The Kier molecular flexibility index (Phi) is 5.05. The number of benzene rings is 2. The third kappa shape index (κ3) is 4.00. The van der Waals surface area contributed by atoms with Gasteiger partial charge in [-0.25, -0.2) is 4.79 Å². The van der Waals surface area contributed by atoms with Crippen LogP contribution in [0.4, 0.5) is 5.69 Å². The average Bonchev–Trinajstić information content (AvgIpc) is 2.97. The first-order chi connectivity index (χ1) is 12.1. The maximum absolute atomic E-state index is 12.3. The molecule has 2 N–H and O–H groups in total. The van der Waals surface area contributed by atoms with Crippen LogP contribution in [0, 0.1) is 0 Å². The van der Waals surface area contributed by atoms with Crippen molar-refractivity contribution < 1.29 is 14.3 Å². The molecule has 0 fully saturated rings. The zero-order valence-electron chi connectivity index (χ0n) is 13.6. The minimum Gasteiger partial charge on any atom is -0.462 e. The molecule has 0 aliphatic rings. The quantitative estimate of drug-likeness (QED) is 0.674. The van der Waals surface area contributed by atoms with Crippen molar-refractivity contribution in [3.63, 3.8) is 0 Å². The van der Waals surface area contributed by atoms with Gasteiger partial charge in [0.25, 0.3) is 0 Å². The molecular weight excluding hydrogens is 340 g/mol. The van der Waals surface area contributed by atoms with Crippen LogP contribution in [-0.4, -0.2) is 23.5 Å². The summed E-state index contributed by atoms with van der Waals surface area (Å²) < 4.78 is 4.93. The Labute approximate surface area is 149 Å². The highest BCUT2D eigenvalue weighted by atomic mass is 35.5. The Morgan fingerprint density at radius 1 is 1.16 bits per heavy atom. The molecule has 128 valence electrons. The third-order valence-electron chi connectivity index (χ3n) is 3.76. The van der Waals surface area contributed by atoms with E-state index in [1.54, 1.807) is 37.3 Å². The molecule has 3 aromatic rings. The van der Waals surface area contributed by atoms with Crippen molar-refractivity contribution in [1.82, 2.24) is 4.98 Å². The molecule has 1 aromatic heterocycles. The number of fused-ring (bicyclic) bond motifs is 1. The third-order valence-corrected chi connectivity index (χ3v) is 4.00. The minimum absolute atomic E-state index is 0.148. The highest BCUT2D eigenvalue weighted by Gasteiger charge is 2.11. The molecule has 5 nitrogen and oxygen atoms in total. The number of hydrogen-bond donors (Lipinski definition) is 2. The van der Waals surface area contributed by atoms with Crippen molar-refractivity contribution in [2.45, 2.75) is 13.3 Å². The van der Waals surface area contributed by atoms with Gasteiger partial charge in [-0.2, -0.15) is 0 Å². The largest absolute Gasteiger partial charge is 0.462 e. The van der Waals surface area contributed by atoms with Crippen molar-refractivity contribution in [3.8, 4) is 0 Å². The fourth-order valence-corrected chi connectivity index (χ4v) is 2.75. The van der Waals surface area contributed by atoms with E-state index in [1.807, 2.05) is 18.3 Å². The van der Waals surface area contributed by atoms with Crippen LogP contribution in [0.1, 0.15) is 22.8 Å². The van der Waals surface area contributed by atoms with E-state index in [0.29, 0.717) is 22.9 Å². The number of carbonyl (C=O) groups excluding carboxylic acids is 2. The summed E-state index contributed by atoms with van der Waals surface area (Å²) in [5, 5.41) is 4.38. The van der Waals surface area contributed by atoms with E-state index in [4.69, 9.17) is 16.3 Å². The van der Waals surface area contributed by atoms with Crippen molar-refractivity contribution in [2.24, 2.45) is 0 Å². The van der Waals surface area contributed by atoms with Crippen LogP contribution in [0.25, 0.3) is 10.9 Å². The second kappa shape index (κ2) is 7.40. The summed E-state index contributed by atoms with van der Waals surface area (Å²) in [4.78, 5) is 27.0. The van der Waals surface area contributed by atoms with Crippen molar-refractivity contribution in [3.05, 3.63) is 64.8 Å². The zero-order chi connectivity index (χ0) is 17.8. The van der Waals surface area contributed by atoms with E-state index >= 15 is 0 Å². The number of H-pyrrole nitrogens is 1. The van der Waals surface area contributed by atoms with Gasteiger partial charge < -0.3 is 15.0 Å². The van der Waals surface area contributed by atoms with Gasteiger partial charge >= 0.3 is 5.97 Å². The maximum atomic E-state index is 12.3. The van der Waals surface area contributed by atoms with E-state index in [-0.39, 0.29) is 18.3 Å². The molecule has 3 rings (SSSR count). The van der Waals surface area contributed by atoms with E-state index in [2.05, 4.69) is 10.3 Å². The van der Waals surface area contributed by atoms with Gasteiger partial charge in [-0.15, -0.1) is 0 Å². The average molecular weight is 357 g/mol. The molecule has 0 saturated heterocycles. The molecule has 0 aliphatic heterocycles. The summed E-state index contributed by atoms with van der Waals surface area (Å²) in [5.74, 6) is -0.527. The standard InChI is InChI=1S/C19H17ClN2O3/c1-2-25-19(24)12-3-6-15(7-4-12)22-18(23)9-13-11-21-17-8-5-14(20)10-16(13)17/h3-8,10-11,21H,2,9H2,1H3,(H,22,23). The van der Waals surface area contributed by atoms with Crippen molar-refractivity contribution >= 4 is 40.1 Å². The molecular formula is C19H17ClN2O3. The van der Waals surface area contributed by atoms with E-state index in [9.17, 15) is 9.59 Å². The van der Waals surface area contributed by atoms with E-state index in [0.717, 1.165) is 16.5 Å². The van der Waals surface area contributed by atoms with Gasteiger partial charge in [0.1, 0.15) is 0 Å². The zero-order valence-corrected chi connectivity index (χ0v) is 14.4. The number of aromatic amines is 1. The van der Waals surface area contributed by atoms with Gasteiger partial charge in [-0.3, -0.25) is 4.79 Å². The molecule has 25 heavy (non-hydrogen) atoms. The van der Waals surface area contributed by atoms with Crippen LogP contribution < -0.4 is 5.32 Å². The summed E-state index contributed by atoms with van der Waals surface area (Å²) in [6, 6.07) is 12.1. The second-order valence-electron chi connectivity index (χ2n) is 5.53. The van der Waals surface area contributed by atoms with Gasteiger partial charge in [0.2, 0.25) is 5.91 Å². The lowest BCUT2D eigenvalue weighted by molar-refractivity contribution is -0.115. The van der Waals surface area contributed by atoms with Crippen LogP contribution >= 0.6 is 11.6 Å². The Balaban J connectivity index is 1.67. The number of amides is 1. The minimum atomic E-state index is -0.379. The molecule has 1 amide bonds. The molecule has 0 saturated carbocycles. The van der Waals surface area contributed by atoms with Crippen LogP contribution in [0.15, 0.2) is 48.7 Å². The summed E-state index contributed by atoms with van der Waals surface area (Å²) in [7, 11) is 0. The first-order valence-corrected chi connectivity index (χ1v) is 8.27. The molecule has 0 spiro atoms. The molecule has 0 radical (unpaired) electrons. The number of halogens is 1. The predicted molar refractivity (Wildman–Crippen MR) is 98.0 cm³/mol. The molecule has 2 aromatic carbocycles. The maximum Gasteiger partial charge on any atom is 0.338 e.